The lowest BCUT2D eigenvalue weighted by molar-refractivity contribution is -0.000184. The van der Waals surface area contributed by atoms with Crippen LogP contribution in [0.1, 0.15) is 47.5 Å². The second kappa shape index (κ2) is 9.23. The molecule has 29 heavy (non-hydrogen) atoms. The zero-order valence-corrected chi connectivity index (χ0v) is 17.0. The first-order valence-electron chi connectivity index (χ1n) is 10.5. The molecule has 2 aromatic carbocycles. The monoisotopic (exact) mass is 392 g/mol. The van der Waals surface area contributed by atoms with Crippen molar-refractivity contribution < 1.29 is 13.9 Å². The van der Waals surface area contributed by atoms with Crippen molar-refractivity contribution in [3.8, 4) is 0 Å². The number of likely N-dealkylation sites (N-methyl/N-ethyl adjacent to an activating group) is 1. The summed E-state index contributed by atoms with van der Waals surface area (Å²) in [4.78, 5) is 19.2. The number of oxazole rings is 1. The maximum absolute atomic E-state index is 12.8. The number of nitrogens with zero attached hydrogens (tertiary/aromatic N) is 2. The lowest BCUT2D eigenvalue weighted by Crippen LogP contribution is -2.37. The van der Waals surface area contributed by atoms with E-state index in [2.05, 4.69) is 29.2 Å². The number of rotatable bonds is 7. The van der Waals surface area contributed by atoms with Crippen LogP contribution in [0.25, 0.3) is 11.1 Å². The Morgan fingerprint density at radius 3 is 2.79 bits per heavy atom. The molecule has 0 aliphatic carbocycles. The zero-order chi connectivity index (χ0) is 20.1. The fourth-order valence-corrected chi connectivity index (χ4v) is 3.86. The molecule has 1 fully saturated rings. The standard InChI is InChI=1S/C24H28N2O3/c1-26(17-20-11-5-6-15-28-20)24(27)19-13-14-22-21(16-19)25-23(29-22)12-7-10-18-8-3-2-4-9-18/h2-4,8-9,13-14,16,20H,5-7,10-12,15,17H2,1H3/t20-/m1/s1. The maximum atomic E-state index is 12.8. The molecule has 0 radical (unpaired) electrons. The highest BCUT2D eigenvalue weighted by Gasteiger charge is 2.20. The average molecular weight is 392 g/mol. The molecule has 1 aromatic heterocycles. The predicted octanol–water partition coefficient (Wildman–Crippen LogP) is 4.64. The van der Waals surface area contributed by atoms with Gasteiger partial charge in [0.05, 0.1) is 6.10 Å². The van der Waals surface area contributed by atoms with Crippen LogP contribution in [0.3, 0.4) is 0 Å². The minimum absolute atomic E-state index is 0.00491. The Hall–Kier alpha value is -2.66. The first kappa shape index (κ1) is 19.6. The molecule has 152 valence electrons. The predicted molar refractivity (Wildman–Crippen MR) is 113 cm³/mol. The molecular formula is C24H28N2O3. The zero-order valence-electron chi connectivity index (χ0n) is 17.0. The van der Waals surface area contributed by atoms with Crippen molar-refractivity contribution in [3.63, 3.8) is 0 Å². The summed E-state index contributed by atoms with van der Waals surface area (Å²) in [5.74, 6) is 0.721. The van der Waals surface area contributed by atoms with Gasteiger partial charge in [0, 0.05) is 32.2 Å². The van der Waals surface area contributed by atoms with Crippen molar-refractivity contribution in [2.45, 2.75) is 44.6 Å². The molecule has 2 heterocycles. The van der Waals surface area contributed by atoms with E-state index >= 15 is 0 Å². The number of aryl methyl sites for hydroxylation is 2. The fraction of sp³-hybridized carbons (Fsp3) is 0.417. The molecule has 1 atom stereocenters. The van der Waals surface area contributed by atoms with Gasteiger partial charge in [0.15, 0.2) is 11.5 Å². The molecule has 3 aromatic rings. The Bertz CT molecular complexity index is 945. The largest absolute Gasteiger partial charge is 0.441 e. The number of benzene rings is 2. The normalized spacial score (nSPS) is 16.8. The Labute approximate surface area is 171 Å². The topological polar surface area (TPSA) is 55.6 Å². The van der Waals surface area contributed by atoms with E-state index in [1.165, 1.54) is 12.0 Å². The molecule has 1 saturated heterocycles. The molecule has 1 amide bonds. The number of carbonyl (C=O) groups excluding carboxylic acids is 1. The smallest absolute Gasteiger partial charge is 0.253 e. The highest BCUT2D eigenvalue weighted by molar-refractivity contribution is 5.97. The van der Waals surface area contributed by atoms with Crippen molar-refractivity contribution in [1.82, 2.24) is 9.88 Å². The Kier molecular flexibility index (Phi) is 6.25. The van der Waals surface area contributed by atoms with Gasteiger partial charge in [-0.2, -0.15) is 0 Å². The average Bonchev–Trinajstić information content (AvgIpc) is 3.16. The number of hydrogen-bond acceptors (Lipinski definition) is 4. The van der Waals surface area contributed by atoms with Crippen molar-refractivity contribution in [2.24, 2.45) is 0 Å². The van der Waals surface area contributed by atoms with E-state index in [-0.39, 0.29) is 12.0 Å². The first-order chi connectivity index (χ1) is 14.2. The van der Waals surface area contributed by atoms with Gasteiger partial charge in [0.2, 0.25) is 0 Å². The van der Waals surface area contributed by atoms with Gasteiger partial charge >= 0.3 is 0 Å². The molecule has 0 bridgehead atoms. The lowest BCUT2D eigenvalue weighted by atomic mass is 10.1. The third kappa shape index (κ3) is 5.04. The van der Waals surface area contributed by atoms with Gasteiger partial charge in [-0.3, -0.25) is 4.79 Å². The Morgan fingerprint density at radius 1 is 1.14 bits per heavy atom. The second-order valence-electron chi connectivity index (χ2n) is 7.80. The first-order valence-corrected chi connectivity index (χ1v) is 10.5. The van der Waals surface area contributed by atoms with Crippen LogP contribution < -0.4 is 0 Å². The van der Waals surface area contributed by atoms with Gasteiger partial charge in [-0.25, -0.2) is 4.98 Å². The highest BCUT2D eigenvalue weighted by Crippen LogP contribution is 2.20. The summed E-state index contributed by atoms with van der Waals surface area (Å²) in [6, 6.07) is 15.9. The van der Waals surface area contributed by atoms with Crippen molar-refractivity contribution in [1.29, 1.82) is 0 Å². The number of hydrogen-bond donors (Lipinski definition) is 0. The molecule has 1 aliphatic heterocycles. The van der Waals surface area contributed by atoms with Crippen LogP contribution in [0.4, 0.5) is 0 Å². The molecule has 0 unspecified atom stereocenters. The van der Waals surface area contributed by atoms with Crippen molar-refractivity contribution in [3.05, 3.63) is 65.5 Å². The van der Waals surface area contributed by atoms with Gasteiger partial charge in [-0.05, 0) is 55.9 Å². The van der Waals surface area contributed by atoms with E-state index in [9.17, 15) is 4.79 Å². The summed E-state index contributed by atoms with van der Waals surface area (Å²) in [6.45, 7) is 1.42. The SMILES string of the molecule is CN(C[C@H]1CCCCO1)C(=O)c1ccc2oc(CCCc3ccccc3)nc2c1. The van der Waals surface area contributed by atoms with Crippen LogP contribution in [0.15, 0.2) is 52.9 Å². The lowest BCUT2D eigenvalue weighted by Gasteiger charge is -2.27. The van der Waals surface area contributed by atoms with Crippen LogP contribution in [0, 0.1) is 0 Å². The summed E-state index contributed by atoms with van der Waals surface area (Å²) in [6.07, 6.45) is 6.21. The van der Waals surface area contributed by atoms with Crippen LogP contribution in [0.5, 0.6) is 0 Å². The molecule has 4 rings (SSSR count). The van der Waals surface area contributed by atoms with Crippen LogP contribution in [-0.4, -0.2) is 42.1 Å². The molecule has 1 aliphatic rings. The molecular weight excluding hydrogens is 364 g/mol. The number of ether oxygens (including phenoxy) is 1. The summed E-state index contributed by atoms with van der Waals surface area (Å²) >= 11 is 0. The third-order valence-corrected chi connectivity index (χ3v) is 5.48. The number of aromatic nitrogens is 1. The van der Waals surface area contributed by atoms with E-state index in [1.54, 1.807) is 4.90 Å². The minimum atomic E-state index is -0.00491. The second-order valence-corrected chi connectivity index (χ2v) is 7.80. The maximum Gasteiger partial charge on any atom is 0.253 e. The van der Waals surface area contributed by atoms with Gasteiger partial charge in [0.1, 0.15) is 5.52 Å². The van der Waals surface area contributed by atoms with Gasteiger partial charge < -0.3 is 14.1 Å². The van der Waals surface area contributed by atoms with Gasteiger partial charge in [0.25, 0.3) is 5.91 Å². The minimum Gasteiger partial charge on any atom is -0.441 e. The Balaban J connectivity index is 1.37. The number of carbonyl (C=O) groups is 1. The van der Waals surface area contributed by atoms with E-state index in [1.807, 2.05) is 31.3 Å². The summed E-state index contributed by atoms with van der Waals surface area (Å²) in [5, 5.41) is 0. The van der Waals surface area contributed by atoms with E-state index in [0.717, 1.165) is 55.7 Å². The van der Waals surface area contributed by atoms with E-state index < -0.39 is 0 Å². The highest BCUT2D eigenvalue weighted by atomic mass is 16.5. The summed E-state index contributed by atoms with van der Waals surface area (Å²) in [7, 11) is 1.84. The Morgan fingerprint density at radius 2 is 2.00 bits per heavy atom. The van der Waals surface area contributed by atoms with Crippen LogP contribution >= 0.6 is 0 Å². The van der Waals surface area contributed by atoms with Gasteiger partial charge in [-0.1, -0.05) is 30.3 Å². The summed E-state index contributed by atoms with van der Waals surface area (Å²) in [5.41, 5.74) is 3.43. The molecule has 5 nitrogen and oxygen atoms in total. The molecule has 5 heteroatoms. The fourth-order valence-electron chi connectivity index (χ4n) is 3.86. The molecule has 0 N–H and O–H groups in total. The quantitative estimate of drug-likeness (QED) is 0.588. The number of fused-ring (bicyclic) bond motifs is 1. The number of amides is 1. The van der Waals surface area contributed by atoms with E-state index in [0.29, 0.717) is 12.1 Å². The van der Waals surface area contributed by atoms with E-state index in [4.69, 9.17) is 9.15 Å². The molecule has 0 saturated carbocycles. The molecule has 0 spiro atoms. The third-order valence-electron chi connectivity index (χ3n) is 5.48. The summed E-state index contributed by atoms with van der Waals surface area (Å²) < 4.78 is 11.6. The van der Waals surface area contributed by atoms with Crippen LogP contribution in [-0.2, 0) is 17.6 Å². The van der Waals surface area contributed by atoms with Crippen molar-refractivity contribution >= 4 is 17.0 Å². The van der Waals surface area contributed by atoms with Gasteiger partial charge in [-0.15, -0.1) is 0 Å². The van der Waals surface area contributed by atoms with Crippen LogP contribution in [0.2, 0.25) is 0 Å². The van der Waals surface area contributed by atoms with Crippen molar-refractivity contribution in [2.75, 3.05) is 20.2 Å².